The van der Waals surface area contributed by atoms with Crippen LogP contribution in [0.3, 0.4) is 0 Å². The first-order valence-electron chi connectivity index (χ1n) is 9.47. The number of hydrogen-bond acceptors (Lipinski definition) is 6. The second-order valence-electron chi connectivity index (χ2n) is 5.76. The van der Waals surface area contributed by atoms with Gasteiger partial charge in [0.1, 0.15) is 0 Å². The summed E-state index contributed by atoms with van der Waals surface area (Å²) in [7, 11) is 0. The molecule has 0 spiro atoms. The normalized spacial score (nSPS) is 10.8. The average molecular weight is 583 g/mol. The molecular weight excluding hydrogens is 555 g/mol. The van der Waals surface area contributed by atoms with Crippen LogP contribution in [0.1, 0.15) is 37.8 Å². The fourth-order valence-corrected chi connectivity index (χ4v) is 2.64. The van der Waals surface area contributed by atoms with E-state index in [1.54, 1.807) is 0 Å². The third kappa shape index (κ3) is 12.5. The van der Waals surface area contributed by atoms with Gasteiger partial charge in [-0.15, -0.1) is 0 Å². The van der Waals surface area contributed by atoms with Crippen LogP contribution in [-0.4, -0.2) is 32.6 Å². The summed E-state index contributed by atoms with van der Waals surface area (Å²) >= 11 is 13.0. The van der Waals surface area contributed by atoms with E-state index in [4.69, 9.17) is 24.4 Å². The van der Waals surface area contributed by atoms with Crippen LogP contribution in [-0.2, 0) is 20.4 Å². The van der Waals surface area contributed by atoms with Crippen molar-refractivity contribution in [3.05, 3.63) is 71.8 Å². The molecular formula is C22H28N4PdS4. The van der Waals surface area contributed by atoms with Crippen molar-refractivity contribution in [2.75, 3.05) is 12.5 Å². The first kappa shape index (κ1) is 29.9. The van der Waals surface area contributed by atoms with Crippen molar-refractivity contribution in [1.82, 2.24) is 10.9 Å². The summed E-state index contributed by atoms with van der Waals surface area (Å²) in [4.78, 5) is 0. The standard InChI is InChI=1S/2C11H14N2S2.Pd/c2*1-3-10(12-13-11(14)15-2)9-7-5-4-6-8-9;/h2*4-8H,3H2,1-2H3,(H,13,14);. The first-order valence-corrected chi connectivity index (χ1v) is 12.7. The van der Waals surface area contributed by atoms with Crippen molar-refractivity contribution >= 4 is 68.0 Å². The number of benzene rings is 2. The molecule has 31 heavy (non-hydrogen) atoms. The number of thioether (sulfide) groups is 2. The number of thiocarbonyl (C=S) groups is 2. The van der Waals surface area contributed by atoms with Gasteiger partial charge in [-0.1, -0.05) is 122 Å². The van der Waals surface area contributed by atoms with Crippen LogP contribution in [0.15, 0.2) is 70.9 Å². The topological polar surface area (TPSA) is 48.8 Å². The third-order valence-electron chi connectivity index (χ3n) is 3.82. The second-order valence-corrected chi connectivity index (χ2v) is 8.73. The summed E-state index contributed by atoms with van der Waals surface area (Å²) in [5.41, 5.74) is 10.0. The molecule has 0 atom stereocenters. The minimum Gasteiger partial charge on any atom is -0.262 e. The fourth-order valence-electron chi connectivity index (χ4n) is 2.27. The van der Waals surface area contributed by atoms with Gasteiger partial charge in [0.25, 0.3) is 0 Å². The van der Waals surface area contributed by atoms with E-state index >= 15 is 0 Å². The van der Waals surface area contributed by atoms with Crippen molar-refractivity contribution in [3.8, 4) is 0 Å². The smallest absolute Gasteiger partial charge is 0.153 e. The van der Waals surface area contributed by atoms with E-state index in [2.05, 4.69) is 34.9 Å². The van der Waals surface area contributed by atoms with Gasteiger partial charge in [0.2, 0.25) is 0 Å². The van der Waals surface area contributed by atoms with Gasteiger partial charge >= 0.3 is 0 Å². The number of hydrazone groups is 2. The molecule has 4 nitrogen and oxygen atoms in total. The molecule has 0 aliphatic rings. The van der Waals surface area contributed by atoms with Gasteiger partial charge in [0, 0.05) is 20.4 Å². The molecule has 0 radical (unpaired) electrons. The van der Waals surface area contributed by atoms with Gasteiger partial charge in [-0.2, -0.15) is 10.2 Å². The average Bonchev–Trinajstić information content (AvgIpc) is 2.81. The zero-order valence-corrected chi connectivity index (χ0v) is 22.9. The maximum Gasteiger partial charge on any atom is 0.153 e. The molecule has 170 valence electrons. The molecule has 2 aromatic rings. The van der Waals surface area contributed by atoms with Crippen LogP contribution in [0.2, 0.25) is 0 Å². The van der Waals surface area contributed by atoms with Crippen molar-refractivity contribution in [2.45, 2.75) is 26.7 Å². The van der Waals surface area contributed by atoms with Crippen molar-refractivity contribution in [2.24, 2.45) is 10.2 Å². The molecule has 0 aliphatic carbocycles. The largest absolute Gasteiger partial charge is 0.262 e. The predicted octanol–water partition coefficient (Wildman–Crippen LogP) is 6.07. The van der Waals surface area contributed by atoms with Crippen LogP contribution in [0.5, 0.6) is 0 Å². The second kappa shape index (κ2) is 18.5. The Bertz CT molecular complexity index is 772. The van der Waals surface area contributed by atoms with Gasteiger partial charge in [0.15, 0.2) is 8.64 Å². The minimum absolute atomic E-state index is 0. The predicted molar refractivity (Wildman–Crippen MR) is 145 cm³/mol. The molecule has 2 rings (SSSR count). The van der Waals surface area contributed by atoms with E-state index in [1.807, 2.05) is 73.2 Å². The van der Waals surface area contributed by atoms with Crippen LogP contribution >= 0.6 is 48.0 Å². The molecule has 0 bridgehead atoms. The van der Waals surface area contributed by atoms with Crippen molar-refractivity contribution in [1.29, 1.82) is 0 Å². The number of rotatable bonds is 6. The zero-order chi connectivity index (χ0) is 22.2. The number of nitrogens with one attached hydrogen (secondary N) is 2. The van der Waals surface area contributed by atoms with E-state index in [1.165, 1.54) is 23.5 Å². The van der Waals surface area contributed by atoms with E-state index in [0.717, 1.165) is 35.4 Å². The Morgan fingerprint density at radius 3 is 1.29 bits per heavy atom. The summed E-state index contributed by atoms with van der Waals surface area (Å²) in [5, 5.41) is 8.58. The van der Waals surface area contributed by atoms with E-state index in [0.29, 0.717) is 8.64 Å². The molecule has 0 aromatic heterocycles. The molecule has 0 saturated carbocycles. The Morgan fingerprint density at radius 1 is 0.710 bits per heavy atom. The Labute approximate surface area is 219 Å². The molecule has 0 saturated heterocycles. The maximum absolute atomic E-state index is 5.02. The van der Waals surface area contributed by atoms with Gasteiger partial charge in [-0.3, -0.25) is 10.9 Å². The summed E-state index contributed by atoms with van der Waals surface area (Å²) < 4.78 is 1.38. The molecule has 9 heteroatoms. The zero-order valence-electron chi connectivity index (χ0n) is 18.0. The molecule has 2 N–H and O–H groups in total. The molecule has 2 aromatic carbocycles. The number of hydrogen-bond donors (Lipinski definition) is 2. The minimum atomic E-state index is 0. The van der Waals surface area contributed by atoms with E-state index in [9.17, 15) is 0 Å². The Balaban J connectivity index is 0.000000562. The summed E-state index contributed by atoms with van der Waals surface area (Å²) in [6.45, 7) is 4.16. The van der Waals surface area contributed by atoms with Crippen molar-refractivity contribution in [3.63, 3.8) is 0 Å². The summed E-state index contributed by atoms with van der Waals surface area (Å²) in [6, 6.07) is 20.2. The molecule has 0 aliphatic heterocycles. The Morgan fingerprint density at radius 2 is 1.03 bits per heavy atom. The Kier molecular flexibility index (Phi) is 17.8. The van der Waals surface area contributed by atoms with Crippen LogP contribution in [0, 0.1) is 0 Å². The van der Waals surface area contributed by atoms with Crippen LogP contribution < -0.4 is 10.9 Å². The monoisotopic (exact) mass is 582 g/mol. The maximum atomic E-state index is 5.02. The van der Waals surface area contributed by atoms with Crippen LogP contribution in [0.4, 0.5) is 0 Å². The van der Waals surface area contributed by atoms with Gasteiger partial charge in [-0.25, -0.2) is 0 Å². The van der Waals surface area contributed by atoms with E-state index in [-0.39, 0.29) is 20.4 Å². The molecule has 0 amide bonds. The summed E-state index contributed by atoms with van der Waals surface area (Å²) in [5.74, 6) is 0. The van der Waals surface area contributed by atoms with Gasteiger partial charge in [0.05, 0.1) is 11.4 Å². The third-order valence-corrected chi connectivity index (χ3v) is 5.93. The van der Waals surface area contributed by atoms with Gasteiger partial charge < -0.3 is 0 Å². The van der Waals surface area contributed by atoms with Crippen LogP contribution in [0.25, 0.3) is 0 Å². The fraction of sp³-hybridized carbons (Fsp3) is 0.273. The van der Waals surface area contributed by atoms with Crippen molar-refractivity contribution < 1.29 is 20.4 Å². The quantitative estimate of drug-likeness (QED) is 0.186. The SMILES string of the molecule is CCC(=NNC(=S)SC)c1ccccc1.CCC(=NNC(=S)SC)c1ccccc1.[Pd]. The van der Waals surface area contributed by atoms with E-state index < -0.39 is 0 Å². The molecule has 0 unspecified atom stereocenters. The molecule has 0 fully saturated rings. The number of nitrogens with zero attached hydrogens (tertiary/aromatic N) is 2. The van der Waals surface area contributed by atoms with Gasteiger partial charge in [-0.05, 0) is 36.5 Å². The Hall–Kier alpha value is -1.08. The first-order chi connectivity index (χ1) is 14.5. The summed E-state index contributed by atoms with van der Waals surface area (Å²) in [6.07, 6.45) is 5.62. The molecule has 0 heterocycles.